The molecule has 0 amide bonds. The van der Waals surface area contributed by atoms with E-state index in [9.17, 15) is 0 Å². The Morgan fingerprint density at radius 1 is 0.634 bits per heavy atom. The fourth-order valence-electron chi connectivity index (χ4n) is 6.31. The van der Waals surface area contributed by atoms with Crippen molar-refractivity contribution >= 4 is 54.9 Å². The van der Waals surface area contributed by atoms with E-state index >= 15 is 0 Å². The van der Waals surface area contributed by atoms with Gasteiger partial charge in [0.1, 0.15) is 0 Å². The van der Waals surface area contributed by atoms with Gasteiger partial charge in [-0.3, -0.25) is 0 Å². The molecule has 198 valence electrons. The predicted molar refractivity (Wildman–Crippen MR) is 178 cm³/mol. The SMILES string of the molecule is C=C(/C(C)=C\C(=C/C)c1ccc(-n2c3ccccc3c3ccccc32)c(C)c1)n1c2ccccc2c2ccccc21. The van der Waals surface area contributed by atoms with Crippen molar-refractivity contribution in [3.8, 4) is 5.69 Å². The smallest absolute Gasteiger partial charge is 0.0541 e. The highest BCUT2D eigenvalue weighted by atomic mass is 15.0. The fourth-order valence-corrected chi connectivity index (χ4v) is 6.31. The number of aryl methyl sites for hydroxylation is 1. The molecule has 2 aromatic heterocycles. The lowest BCUT2D eigenvalue weighted by Crippen LogP contribution is -1.99. The van der Waals surface area contributed by atoms with Gasteiger partial charge in [-0.05, 0) is 85.5 Å². The third-order valence-corrected chi connectivity index (χ3v) is 8.34. The molecule has 41 heavy (non-hydrogen) atoms. The molecule has 5 aromatic carbocycles. The molecule has 0 radical (unpaired) electrons. The molecular weight excluding hydrogens is 496 g/mol. The van der Waals surface area contributed by atoms with E-state index < -0.39 is 0 Å². The topological polar surface area (TPSA) is 9.86 Å². The predicted octanol–water partition coefficient (Wildman–Crippen LogP) is 10.7. The summed E-state index contributed by atoms with van der Waals surface area (Å²) in [6.07, 6.45) is 4.46. The molecular formula is C39H32N2. The maximum atomic E-state index is 4.57. The van der Waals surface area contributed by atoms with Crippen molar-refractivity contribution in [2.45, 2.75) is 20.8 Å². The van der Waals surface area contributed by atoms with Crippen LogP contribution in [0.2, 0.25) is 0 Å². The second-order valence-electron chi connectivity index (χ2n) is 10.8. The number of rotatable bonds is 5. The van der Waals surface area contributed by atoms with Crippen molar-refractivity contribution in [1.29, 1.82) is 0 Å². The summed E-state index contributed by atoms with van der Waals surface area (Å²) < 4.78 is 4.69. The monoisotopic (exact) mass is 528 g/mol. The van der Waals surface area contributed by atoms with Crippen LogP contribution in [0, 0.1) is 6.92 Å². The maximum absolute atomic E-state index is 4.57. The molecule has 7 rings (SSSR count). The van der Waals surface area contributed by atoms with Gasteiger partial charge in [0.25, 0.3) is 0 Å². The van der Waals surface area contributed by atoms with Crippen LogP contribution in [-0.2, 0) is 0 Å². The summed E-state index contributed by atoms with van der Waals surface area (Å²) in [6.45, 7) is 11.0. The van der Waals surface area contributed by atoms with Gasteiger partial charge < -0.3 is 9.13 Å². The minimum absolute atomic E-state index is 0.986. The number of hydrogen-bond donors (Lipinski definition) is 0. The van der Waals surface area contributed by atoms with Gasteiger partial charge in [-0.25, -0.2) is 0 Å². The Kier molecular flexibility index (Phi) is 5.98. The molecule has 0 fully saturated rings. The van der Waals surface area contributed by atoms with E-state index in [1.54, 1.807) is 0 Å². The van der Waals surface area contributed by atoms with E-state index in [0.717, 1.165) is 11.3 Å². The van der Waals surface area contributed by atoms with Crippen LogP contribution in [-0.4, -0.2) is 9.13 Å². The molecule has 0 unspecified atom stereocenters. The Hall–Kier alpha value is -5.08. The summed E-state index contributed by atoms with van der Waals surface area (Å²) in [7, 11) is 0. The van der Waals surface area contributed by atoms with Crippen molar-refractivity contribution in [2.75, 3.05) is 0 Å². The summed E-state index contributed by atoms with van der Waals surface area (Å²) in [5, 5.41) is 5.06. The first-order chi connectivity index (χ1) is 20.1. The van der Waals surface area contributed by atoms with Crippen molar-refractivity contribution < 1.29 is 0 Å². The second-order valence-corrected chi connectivity index (χ2v) is 10.8. The summed E-state index contributed by atoms with van der Waals surface area (Å²) in [5.41, 5.74) is 11.8. The number of allylic oxidation sites excluding steroid dienone is 5. The molecule has 2 heterocycles. The highest BCUT2D eigenvalue weighted by molar-refractivity contribution is 6.11. The lowest BCUT2D eigenvalue weighted by atomic mass is 9.99. The van der Waals surface area contributed by atoms with Gasteiger partial charge in [-0.1, -0.05) is 91.5 Å². The number of fused-ring (bicyclic) bond motifs is 6. The number of para-hydroxylation sites is 4. The van der Waals surface area contributed by atoms with Gasteiger partial charge in [0.05, 0.1) is 22.1 Å². The van der Waals surface area contributed by atoms with E-state index in [1.165, 1.54) is 66.0 Å². The van der Waals surface area contributed by atoms with Gasteiger partial charge in [0.15, 0.2) is 0 Å². The fraction of sp³-hybridized carbons (Fsp3) is 0.0769. The van der Waals surface area contributed by atoms with E-state index in [2.05, 4.69) is 164 Å². The molecule has 2 nitrogen and oxygen atoms in total. The number of aromatic nitrogens is 2. The van der Waals surface area contributed by atoms with Gasteiger partial charge in [-0.2, -0.15) is 0 Å². The standard InChI is InChI=1S/C39H32N2/c1-5-29(24-26(2)28(4)40-36-18-10-6-14-31(36)32-15-7-11-19-37(32)40)30-22-23-35(27(3)25-30)41-38-20-12-8-16-33(38)34-17-9-13-21-39(34)41/h5-25H,4H2,1-3H3/b26-24-,29-5+. The Morgan fingerprint density at radius 3 is 1.59 bits per heavy atom. The molecule has 0 N–H and O–H groups in total. The van der Waals surface area contributed by atoms with Crippen molar-refractivity contribution in [3.05, 3.63) is 151 Å². The zero-order valence-corrected chi connectivity index (χ0v) is 23.7. The average Bonchev–Trinajstić information content (AvgIpc) is 3.52. The average molecular weight is 529 g/mol. The van der Waals surface area contributed by atoms with Crippen molar-refractivity contribution in [1.82, 2.24) is 9.13 Å². The highest BCUT2D eigenvalue weighted by Crippen LogP contribution is 2.36. The molecule has 7 aromatic rings. The molecule has 0 saturated heterocycles. The first kappa shape index (κ1) is 24.9. The van der Waals surface area contributed by atoms with E-state index in [0.29, 0.717) is 0 Å². The second kappa shape index (κ2) is 9.83. The van der Waals surface area contributed by atoms with Crippen LogP contribution in [0.15, 0.2) is 140 Å². The lowest BCUT2D eigenvalue weighted by Gasteiger charge is -2.15. The molecule has 0 bridgehead atoms. The highest BCUT2D eigenvalue weighted by Gasteiger charge is 2.15. The van der Waals surface area contributed by atoms with Gasteiger partial charge in [-0.15, -0.1) is 0 Å². The van der Waals surface area contributed by atoms with E-state index in [-0.39, 0.29) is 0 Å². The minimum Gasteiger partial charge on any atom is -0.310 e. The molecule has 0 atom stereocenters. The molecule has 2 heteroatoms. The van der Waals surface area contributed by atoms with Gasteiger partial charge in [0, 0.05) is 32.9 Å². The largest absolute Gasteiger partial charge is 0.310 e. The number of hydrogen-bond acceptors (Lipinski definition) is 0. The first-order valence-corrected chi connectivity index (χ1v) is 14.2. The Morgan fingerprint density at radius 2 is 1.10 bits per heavy atom. The quantitative estimate of drug-likeness (QED) is 0.197. The molecule has 0 aliphatic carbocycles. The number of benzene rings is 5. The third-order valence-electron chi connectivity index (χ3n) is 8.34. The zero-order valence-electron chi connectivity index (χ0n) is 23.7. The van der Waals surface area contributed by atoms with Crippen LogP contribution in [0.25, 0.3) is 60.6 Å². The normalized spacial score (nSPS) is 12.7. The number of nitrogens with zero attached hydrogens (tertiary/aromatic N) is 2. The summed E-state index contributed by atoms with van der Waals surface area (Å²) in [6, 6.07) is 41.3. The van der Waals surface area contributed by atoms with Crippen LogP contribution in [0.1, 0.15) is 25.0 Å². The van der Waals surface area contributed by atoms with Crippen LogP contribution in [0.3, 0.4) is 0 Å². The third kappa shape index (κ3) is 3.95. The van der Waals surface area contributed by atoms with Crippen LogP contribution < -0.4 is 0 Å². The molecule has 0 saturated carbocycles. The summed E-state index contributed by atoms with van der Waals surface area (Å²) in [4.78, 5) is 0. The molecule has 0 aliphatic heterocycles. The summed E-state index contributed by atoms with van der Waals surface area (Å²) in [5.74, 6) is 0. The Balaban J connectivity index is 1.29. The van der Waals surface area contributed by atoms with Crippen molar-refractivity contribution in [2.24, 2.45) is 0 Å². The van der Waals surface area contributed by atoms with E-state index in [4.69, 9.17) is 0 Å². The zero-order chi connectivity index (χ0) is 28.1. The van der Waals surface area contributed by atoms with Gasteiger partial charge >= 0.3 is 0 Å². The van der Waals surface area contributed by atoms with Crippen LogP contribution in [0.5, 0.6) is 0 Å². The minimum atomic E-state index is 0.986. The van der Waals surface area contributed by atoms with E-state index in [1.807, 2.05) is 0 Å². The Labute approximate surface area is 240 Å². The van der Waals surface area contributed by atoms with Crippen molar-refractivity contribution in [3.63, 3.8) is 0 Å². The lowest BCUT2D eigenvalue weighted by molar-refractivity contribution is 1.15. The first-order valence-electron chi connectivity index (χ1n) is 14.2. The molecule has 0 spiro atoms. The Bertz CT molecular complexity index is 2090. The van der Waals surface area contributed by atoms with Crippen LogP contribution >= 0.6 is 0 Å². The molecule has 0 aliphatic rings. The summed E-state index contributed by atoms with van der Waals surface area (Å²) >= 11 is 0. The van der Waals surface area contributed by atoms with Gasteiger partial charge in [0.2, 0.25) is 0 Å². The maximum Gasteiger partial charge on any atom is 0.0541 e. The van der Waals surface area contributed by atoms with Crippen LogP contribution in [0.4, 0.5) is 0 Å².